The van der Waals surface area contributed by atoms with E-state index in [0.29, 0.717) is 30.6 Å². The van der Waals surface area contributed by atoms with Crippen LogP contribution in [0.25, 0.3) is 0 Å². The number of nitrogens with zero attached hydrogens (tertiary/aromatic N) is 1. The predicted octanol–water partition coefficient (Wildman–Crippen LogP) is 2.44. The summed E-state index contributed by atoms with van der Waals surface area (Å²) < 4.78 is 0. The van der Waals surface area contributed by atoms with Crippen LogP contribution < -0.4 is 10.6 Å². The Kier molecular flexibility index (Phi) is 6.71. The van der Waals surface area contributed by atoms with Crippen LogP contribution in [0.5, 0.6) is 0 Å². The molecule has 2 N–H and O–H groups in total. The van der Waals surface area contributed by atoms with Gasteiger partial charge in [0, 0.05) is 38.1 Å². The first kappa shape index (κ1) is 17.6. The fraction of sp³-hybridized carbons (Fsp3) is 0.529. The second-order valence-corrected chi connectivity index (χ2v) is 6.44. The minimum Gasteiger partial charge on any atom is -0.356 e. The number of halogens is 1. The molecule has 0 radical (unpaired) electrons. The van der Waals surface area contributed by atoms with Gasteiger partial charge in [-0.2, -0.15) is 0 Å². The van der Waals surface area contributed by atoms with E-state index in [1.807, 2.05) is 29.2 Å². The van der Waals surface area contributed by atoms with E-state index in [1.54, 1.807) is 0 Å². The summed E-state index contributed by atoms with van der Waals surface area (Å²) in [6.07, 6.45) is 2.79. The summed E-state index contributed by atoms with van der Waals surface area (Å²) in [5, 5.41) is 6.51. The van der Waals surface area contributed by atoms with Gasteiger partial charge in [0.05, 0.1) is 0 Å². The van der Waals surface area contributed by atoms with E-state index in [1.165, 1.54) is 6.92 Å². The molecule has 1 aromatic rings. The Morgan fingerprint density at radius 3 is 2.91 bits per heavy atom. The number of likely N-dealkylation sites (tertiary alicyclic amines) is 1. The van der Waals surface area contributed by atoms with Gasteiger partial charge in [0.1, 0.15) is 0 Å². The zero-order valence-corrected chi connectivity index (χ0v) is 14.2. The fourth-order valence-corrected chi connectivity index (χ4v) is 3.04. The Labute approximate surface area is 142 Å². The molecule has 1 aliphatic heterocycles. The Balaban J connectivity index is 1.73. The summed E-state index contributed by atoms with van der Waals surface area (Å²) in [5.74, 6) is 0.319. The number of urea groups is 1. The lowest BCUT2D eigenvalue weighted by molar-refractivity contribution is -0.119. The standard InChI is InChI=1S/C17H24ClN3O2/c1-13(22)20-11-15-5-3-9-21(12-15)17(23)19-8-7-14-4-2-6-16(18)10-14/h2,4,6,10,15H,3,5,7-9,11-12H2,1H3,(H,19,23)(H,20,22). The molecule has 1 unspecified atom stereocenters. The minimum absolute atomic E-state index is 0.0203. The van der Waals surface area contributed by atoms with Gasteiger partial charge in [0.25, 0.3) is 0 Å². The van der Waals surface area contributed by atoms with Crippen LogP contribution in [0.15, 0.2) is 24.3 Å². The van der Waals surface area contributed by atoms with E-state index in [9.17, 15) is 9.59 Å². The molecule has 2 rings (SSSR count). The van der Waals surface area contributed by atoms with Crippen molar-refractivity contribution in [3.05, 3.63) is 34.9 Å². The Morgan fingerprint density at radius 2 is 2.17 bits per heavy atom. The molecule has 0 saturated carbocycles. The second-order valence-electron chi connectivity index (χ2n) is 6.00. The van der Waals surface area contributed by atoms with Gasteiger partial charge >= 0.3 is 6.03 Å². The Bertz CT molecular complexity index is 550. The van der Waals surface area contributed by atoms with Gasteiger partial charge in [-0.1, -0.05) is 23.7 Å². The molecule has 1 atom stereocenters. The Morgan fingerprint density at radius 1 is 1.35 bits per heavy atom. The average Bonchev–Trinajstić information content (AvgIpc) is 2.53. The molecular weight excluding hydrogens is 314 g/mol. The van der Waals surface area contributed by atoms with Crippen LogP contribution in [-0.2, 0) is 11.2 Å². The lowest BCUT2D eigenvalue weighted by atomic mass is 9.98. The molecule has 1 aromatic carbocycles. The smallest absolute Gasteiger partial charge is 0.317 e. The number of nitrogens with one attached hydrogen (secondary N) is 2. The normalized spacial score (nSPS) is 17.7. The van der Waals surface area contributed by atoms with E-state index in [4.69, 9.17) is 11.6 Å². The van der Waals surface area contributed by atoms with Gasteiger partial charge in [-0.15, -0.1) is 0 Å². The lowest BCUT2D eigenvalue weighted by Crippen LogP contribution is -2.47. The van der Waals surface area contributed by atoms with Gasteiger partial charge < -0.3 is 15.5 Å². The third kappa shape index (κ3) is 6.10. The monoisotopic (exact) mass is 337 g/mol. The summed E-state index contributed by atoms with van der Waals surface area (Å²) in [5.41, 5.74) is 1.11. The van der Waals surface area contributed by atoms with E-state index in [2.05, 4.69) is 10.6 Å². The number of hydrogen-bond acceptors (Lipinski definition) is 2. The highest BCUT2D eigenvalue weighted by molar-refractivity contribution is 6.30. The van der Waals surface area contributed by atoms with Crippen molar-refractivity contribution in [1.29, 1.82) is 0 Å². The molecular formula is C17H24ClN3O2. The molecule has 126 valence electrons. The predicted molar refractivity (Wildman–Crippen MR) is 91.5 cm³/mol. The van der Waals surface area contributed by atoms with Crippen LogP contribution in [0.4, 0.5) is 4.79 Å². The molecule has 1 saturated heterocycles. The summed E-state index contributed by atoms with van der Waals surface area (Å²) in [6.45, 7) is 4.22. The number of amides is 3. The van der Waals surface area contributed by atoms with Crippen molar-refractivity contribution < 1.29 is 9.59 Å². The van der Waals surface area contributed by atoms with Crippen molar-refractivity contribution in [2.45, 2.75) is 26.2 Å². The van der Waals surface area contributed by atoms with E-state index >= 15 is 0 Å². The molecule has 3 amide bonds. The van der Waals surface area contributed by atoms with Crippen LogP contribution >= 0.6 is 11.6 Å². The number of hydrogen-bond donors (Lipinski definition) is 2. The van der Waals surface area contributed by atoms with Gasteiger partial charge in [-0.05, 0) is 42.9 Å². The van der Waals surface area contributed by atoms with Crippen LogP contribution in [0.3, 0.4) is 0 Å². The Hall–Kier alpha value is -1.75. The molecule has 1 fully saturated rings. The third-order valence-electron chi connectivity index (χ3n) is 4.02. The highest BCUT2D eigenvalue weighted by Crippen LogP contribution is 2.16. The maximum Gasteiger partial charge on any atom is 0.317 e. The van der Waals surface area contributed by atoms with Crippen molar-refractivity contribution in [2.24, 2.45) is 5.92 Å². The number of carbonyl (C=O) groups excluding carboxylic acids is 2. The van der Waals surface area contributed by atoms with Crippen LogP contribution in [0.1, 0.15) is 25.3 Å². The maximum absolute atomic E-state index is 12.2. The molecule has 0 aromatic heterocycles. The van der Waals surface area contributed by atoms with Crippen molar-refractivity contribution in [3.8, 4) is 0 Å². The molecule has 5 nitrogen and oxygen atoms in total. The topological polar surface area (TPSA) is 61.4 Å². The zero-order valence-electron chi connectivity index (χ0n) is 13.5. The highest BCUT2D eigenvalue weighted by atomic mass is 35.5. The lowest BCUT2D eigenvalue weighted by Gasteiger charge is -2.32. The minimum atomic E-state index is -0.0282. The second kappa shape index (κ2) is 8.77. The van der Waals surface area contributed by atoms with Crippen molar-refractivity contribution in [3.63, 3.8) is 0 Å². The van der Waals surface area contributed by atoms with Crippen molar-refractivity contribution >= 4 is 23.5 Å². The van der Waals surface area contributed by atoms with E-state index < -0.39 is 0 Å². The largest absolute Gasteiger partial charge is 0.356 e. The third-order valence-corrected chi connectivity index (χ3v) is 4.26. The summed E-state index contributed by atoms with van der Waals surface area (Å²) in [7, 11) is 0. The van der Waals surface area contributed by atoms with Crippen LogP contribution in [0.2, 0.25) is 5.02 Å². The number of benzene rings is 1. The number of piperidine rings is 1. The van der Waals surface area contributed by atoms with Crippen LogP contribution in [-0.4, -0.2) is 43.0 Å². The quantitative estimate of drug-likeness (QED) is 0.867. The van der Waals surface area contributed by atoms with Gasteiger partial charge in [-0.3, -0.25) is 4.79 Å². The molecule has 6 heteroatoms. The van der Waals surface area contributed by atoms with Crippen molar-refractivity contribution in [2.75, 3.05) is 26.2 Å². The first-order valence-electron chi connectivity index (χ1n) is 8.06. The van der Waals surface area contributed by atoms with Crippen LogP contribution in [0, 0.1) is 5.92 Å². The molecule has 0 aliphatic carbocycles. The van der Waals surface area contributed by atoms with Gasteiger partial charge in [-0.25, -0.2) is 4.79 Å². The molecule has 0 spiro atoms. The highest BCUT2D eigenvalue weighted by Gasteiger charge is 2.23. The SMILES string of the molecule is CC(=O)NCC1CCCN(C(=O)NCCc2cccc(Cl)c2)C1. The summed E-state index contributed by atoms with van der Waals surface area (Å²) >= 11 is 5.95. The fourth-order valence-electron chi connectivity index (χ4n) is 2.82. The number of carbonyl (C=O) groups is 2. The molecule has 1 heterocycles. The number of rotatable bonds is 5. The maximum atomic E-state index is 12.2. The summed E-state index contributed by atoms with van der Waals surface area (Å²) in [6, 6.07) is 7.64. The average molecular weight is 338 g/mol. The van der Waals surface area contributed by atoms with Gasteiger partial charge in [0.2, 0.25) is 5.91 Å². The molecule has 1 aliphatic rings. The van der Waals surface area contributed by atoms with Gasteiger partial charge in [0.15, 0.2) is 0 Å². The van der Waals surface area contributed by atoms with E-state index in [-0.39, 0.29) is 11.9 Å². The molecule has 23 heavy (non-hydrogen) atoms. The van der Waals surface area contributed by atoms with Crippen molar-refractivity contribution in [1.82, 2.24) is 15.5 Å². The first-order valence-corrected chi connectivity index (χ1v) is 8.44. The summed E-state index contributed by atoms with van der Waals surface area (Å²) in [4.78, 5) is 25.1. The zero-order chi connectivity index (χ0) is 16.7. The molecule has 0 bridgehead atoms. The van der Waals surface area contributed by atoms with E-state index in [0.717, 1.165) is 31.4 Å². The first-order chi connectivity index (χ1) is 11.0.